The minimum atomic E-state index is -0.395. The van der Waals surface area contributed by atoms with E-state index in [1.54, 1.807) is 18.9 Å². The topological polar surface area (TPSA) is 29.5 Å². The number of methoxy groups -OCH3 is 1. The zero-order valence-corrected chi connectivity index (χ0v) is 11.2. The Balaban J connectivity index is 2.79. The predicted octanol–water partition coefficient (Wildman–Crippen LogP) is 2.55. The maximum atomic E-state index is 12.0. The Labute approximate surface area is 103 Å². The summed E-state index contributed by atoms with van der Waals surface area (Å²) in [5.74, 6) is 0.000532. The molecule has 1 aromatic rings. The summed E-state index contributed by atoms with van der Waals surface area (Å²) in [4.78, 5) is 13.7. The summed E-state index contributed by atoms with van der Waals surface area (Å²) in [7, 11) is 3.36. The normalized spacial score (nSPS) is 14.2. The monoisotopic (exact) mass is 235 g/mol. The van der Waals surface area contributed by atoms with Gasteiger partial charge in [0.15, 0.2) is 0 Å². The van der Waals surface area contributed by atoms with Crippen LogP contribution in [0.2, 0.25) is 0 Å². The van der Waals surface area contributed by atoms with E-state index >= 15 is 0 Å². The standard InChI is InChI=1S/C14H21NO2/c1-10-6-8-13(9-7-10)11(2)15(4)14(16)12(3)17-5/h6-9,11-12H,1-5H3. The lowest BCUT2D eigenvalue weighted by Gasteiger charge is -2.27. The molecule has 2 atom stereocenters. The number of amides is 1. The number of likely N-dealkylation sites (N-methyl/N-ethyl adjacent to an activating group) is 1. The van der Waals surface area contributed by atoms with Crippen LogP contribution in [0.1, 0.15) is 31.0 Å². The molecular formula is C14H21NO2. The Bertz CT molecular complexity index is 372. The highest BCUT2D eigenvalue weighted by molar-refractivity contribution is 5.80. The molecule has 0 heterocycles. The van der Waals surface area contributed by atoms with Crippen molar-refractivity contribution in [3.05, 3.63) is 35.4 Å². The van der Waals surface area contributed by atoms with E-state index in [0.717, 1.165) is 5.56 Å². The minimum absolute atomic E-state index is 0.000532. The predicted molar refractivity (Wildman–Crippen MR) is 68.8 cm³/mol. The lowest BCUT2D eigenvalue weighted by molar-refractivity contribution is -0.141. The van der Waals surface area contributed by atoms with Crippen LogP contribution >= 0.6 is 0 Å². The van der Waals surface area contributed by atoms with Gasteiger partial charge in [-0.1, -0.05) is 29.8 Å². The molecule has 0 spiro atoms. The van der Waals surface area contributed by atoms with Crippen LogP contribution in [0.5, 0.6) is 0 Å². The first-order valence-corrected chi connectivity index (χ1v) is 5.83. The van der Waals surface area contributed by atoms with Gasteiger partial charge in [-0.25, -0.2) is 0 Å². The summed E-state index contributed by atoms with van der Waals surface area (Å²) in [5.41, 5.74) is 2.36. The molecule has 3 nitrogen and oxygen atoms in total. The van der Waals surface area contributed by atoms with E-state index in [1.165, 1.54) is 5.56 Å². The van der Waals surface area contributed by atoms with E-state index in [9.17, 15) is 4.79 Å². The Kier molecular flexibility index (Phi) is 4.70. The van der Waals surface area contributed by atoms with Gasteiger partial charge in [0.1, 0.15) is 6.10 Å². The lowest BCUT2D eigenvalue weighted by Crippen LogP contribution is -2.37. The second-order valence-electron chi connectivity index (χ2n) is 4.41. The van der Waals surface area contributed by atoms with Crippen LogP contribution < -0.4 is 0 Å². The van der Waals surface area contributed by atoms with Gasteiger partial charge in [-0.05, 0) is 26.3 Å². The summed E-state index contributed by atoms with van der Waals surface area (Å²) in [5, 5.41) is 0. The number of hydrogen-bond acceptors (Lipinski definition) is 2. The number of benzene rings is 1. The number of hydrogen-bond donors (Lipinski definition) is 0. The van der Waals surface area contributed by atoms with E-state index in [2.05, 4.69) is 31.2 Å². The van der Waals surface area contributed by atoms with Crippen LogP contribution in [-0.4, -0.2) is 31.1 Å². The zero-order valence-electron chi connectivity index (χ0n) is 11.2. The average Bonchev–Trinajstić information content (AvgIpc) is 2.36. The molecule has 0 aliphatic carbocycles. The Morgan fingerprint density at radius 3 is 2.24 bits per heavy atom. The van der Waals surface area contributed by atoms with E-state index in [-0.39, 0.29) is 11.9 Å². The third-order valence-electron chi connectivity index (χ3n) is 3.19. The van der Waals surface area contributed by atoms with Crippen LogP contribution in [0.25, 0.3) is 0 Å². The van der Waals surface area contributed by atoms with Crippen LogP contribution in [0.4, 0.5) is 0 Å². The maximum absolute atomic E-state index is 12.0. The number of ether oxygens (including phenoxy) is 1. The molecule has 0 N–H and O–H groups in total. The Morgan fingerprint density at radius 2 is 1.76 bits per heavy atom. The Morgan fingerprint density at radius 1 is 1.24 bits per heavy atom. The molecule has 17 heavy (non-hydrogen) atoms. The van der Waals surface area contributed by atoms with Crippen molar-refractivity contribution in [1.82, 2.24) is 4.90 Å². The van der Waals surface area contributed by atoms with E-state index in [4.69, 9.17) is 4.74 Å². The van der Waals surface area contributed by atoms with Gasteiger partial charge in [-0.15, -0.1) is 0 Å². The average molecular weight is 235 g/mol. The van der Waals surface area contributed by atoms with Crippen LogP contribution in [0.15, 0.2) is 24.3 Å². The van der Waals surface area contributed by atoms with E-state index in [1.807, 2.05) is 14.0 Å². The second kappa shape index (κ2) is 5.82. The van der Waals surface area contributed by atoms with Crippen molar-refractivity contribution in [3.8, 4) is 0 Å². The first-order chi connectivity index (χ1) is 7.97. The zero-order chi connectivity index (χ0) is 13.0. The fourth-order valence-electron chi connectivity index (χ4n) is 1.65. The third-order valence-corrected chi connectivity index (χ3v) is 3.19. The van der Waals surface area contributed by atoms with Gasteiger partial charge in [-0.3, -0.25) is 4.79 Å². The first kappa shape index (κ1) is 13.7. The van der Waals surface area contributed by atoms with Crippen molar-refractivity contribution in [2.45, 2.75) is 32.9 Å². The molecule has 0 aliphatic rings. The molecule has 1 amide bonds. The van der Waals surface area contributed by atoms with Gasteiger partial charge in [0.2, 0.25) is 0 Å². The third kappa shape index (κ3) is 3.30. The van der Waals surface area contributed by atoms with Crippen molar-refractivity contribution in [2.75, 3.05) is 14.2 Å². The lowest BCUT2D eigenvalue weighted by atomic mass is 10.1. The number of nitrogens with zero attached hydrogens (tertiary/aromatic N) is 1. The summed E-state index contributed by atoms with van der Waals surface area (Å²) < 4.78 is 5.05. The highest BCUT2D eigenvalue weighted by Crippen LogP contribution is 2.20. The summed E-state index contributed by atoms with van der Waals surface area (Å²) >= 11 is 0. The number of carbonyl (C=O) groups excluding carboxylic acids is 1. The highest BCUT2D eigenvalue weighted by Gasteiger charge is 2.21. The molecular weight excluding hydrogens is 214 g/mol. The Hall–Kier alpha value is -1.35. The molecule has 1 rings (SSSR count). The van der Waals surface area contributed by atoms with Crippen LogP contribution in [0, 0.1) is 6.92 Å². The van der Waals surface area contributed by atoms with Crippen molar-refractivity contribution in [3.63, 3.8) is 0 Å². The molecule has 0 saturated heterocycles. The molecule has 0 bridgehead atoms. The van der Waals surface area contributed by atoms with E-state index < -0.39 is 6.10 Å². The van der Waals surface area contributed by atoms with Gasteiger partial charge >= 0.3 is 0 Å². The second-order valence-corrected chi connectivity index (χ2v) is 4.41. The molecule has 0 aromatic heterocycles. The molecule has 0 aliphatic heterocycles. The smallest absolute Gasteiger partial charge is 0.251 e. The molecule has 0 fully saturated rings. The van der Waals surface area contributed by atoms with Crippen LogP contribution in [0.3, 0.4) is 0 Å². The fourth-order valence-corrected chi connectivity index (χ4v) is 1.65. The molecule has 0 saturated carbocycles. The van der Waals surface area contributed by atoms with Crippen molar-refractivity contribution in [1.29, 1.82) is 0 Å². The van der Waals surface area contributed by atoms with Gasteiger partial charge in [-0.2, -0.15) is 0 Å². The number of rotatable bonds is 4. The van der Waals surface area contributed by atoms with Crippen molar-refractivity contribution in [2.24, 2.45) is 0 Å². The van der Waals surface area contributed by atoms with Gasteiger partial charge in [0, 0.05) is 14.2 Å². The SMILES string of the molecule is COC(C)C(=O)N(C)C(C)c1ccc(C)cc1. The molecule has 2 unspecified atom stereocenters. The molecule has 0 radical (unpaired) electrons. The summed E-state index contributed by atoms with van der Waals surface area (Å²) in [6, 6.07) is 8.29. The molecule has 94 valence electrons. The van der Waals surface area contributed by atoms with Crippen LogP contribution in [-0.2, 0) is 9.53 Å². The van der Waals surface area contributed by atoms with Gasteiger partial charge in [0.25, 0.3) is 5.91 Å². The largest absolute Gasteiger partial charge is 0.372 e. The van der Waals surface area contributed by atoms with Crippen molar-refractivity contribution >= 4 is 5.91 Å². The number of carbonyl (C=O) groups is 1. The van der Waals surface area contributed by atoms with Crippen molar-refractivity contribution < 1.29 is 9.53 Å². The van der Waals surface area contributed by atoms with Gasteiger partial charge in [0.05, 0.1) is 6.04 Å². The molecule has 3 heteroatoms. The minimum Gasteiger partial charge on any atom is -0.372 e. The highest BCUT2D eigenvalue weighted by atomic mass is 16.5. The van der Waals surface area contributed by atoms with E-state index in [0.29, 0.717) is 0 Å². The molecule has 1 aromatic carbocycles. The quantitative estimate of drug-likeness (QED) is 0.802. The summed E-state index contributed by atoms with van der Waals surface area (Å²) in [6.45, 7) is 5.84. The maximum Gasteiger partial charge on any atom is 0.251 e. The van der Waals surface area contributed by atoms with Gasteiger partial charge < -0.3 is 9.64 Å². The fraction of sp³-hybridized carbons (Fsp3) is 0.500. The first-order valence-electron chi connectivity index (χ1n) is 5.83. The number of aryl methyl sites for hydroxylation is 1. The summed E-state index contributed by atoms with van der Waals surface area (Å²) in [6.07, 6.45) is -0.395.